The van der Waals surface area contributed by atoms with Gasteiger partial charge in [0.25, 0.3) is 0 Å². The van der Waals surface area contributed by atoms with Crippen LogP contribution in [0.15, 0.2) is 29.3 Å². The normalized spacial score (nSPS) is 18.2. The second-order valence-corrected chi connectivity index (χ2v) is 5.35. The number of benzene rings is 1. The van der Waals surface area contributed by atoms with Gasteiger partial charge in [0, 0.05) is 32.7 Å². The summed E-state index contributed by atoms with van der Waals surface area (Å²) in [6.45, 7) is 6.25. The van der Waals surface area contributed by atoms with Crippen LogP contribution < -0.4 is 5.32 Å². The fourth-order valence-corrected chi connectivity index (χ4v) is 2.58. The van der Waals surface area contributed by atoms with E-state index in [4.69, 9.17) is 4.74 Å². The van der Waals surface area contributed by atoms with Crippen LogP contribution in [-0.4, -0.2) is 44.2 Å². The lowest BCUT2D eigenvalue weighted by atomic mass is 10.1. The molecule has 1 unspecified atom stereocenters. The molecule has 0 aromatic heterocycles. The molecule has 0 bridgehead atoms. The lowest BCUT2D eigenvalue weighted by Crippen LogP contribution is -2.40. The van der Waals surface area contributed by atoms with Crippen molar-refractivity contribution in [2.75, 3.05) is 33.4 Å². The summed E-state index contributed by atoms with van der Waals surface area (Å²) in [5.41, 5.74) is 1.01. The van der Waals surface area contributed by atoms with E-state index in [9.17, 15) is 4.39 Å². The molecule has 1 aromatic carbocycles. The summed E-state index contributed by atoms with van der Waals surface area (Å²) in [5, 5.41) is 3.33. The molecule has 0 spiro atoms. The Morgan fingerprint density at radius 2 is 2.14 bits per heavy atom. The number of rotatable bonds is 5. The highest BCUT2D eigenvalue weighted by Crippen LogP contribution is 2.16. The number of methoxy groups -OCH3 is 1. The van der Waals surface area contributed by atoms with Crippen LogP contribution in [0.3, 0.4) is 0 Å². The highest BCUT2D eigenvalue weighted by atomic mass is 127. The van der Waals surface area contributed by atoms with Crippen LogP contribution in [0.1, 0.15) is 18.9 Å². The maximum absolute atomic E-state index is 12.9. The number of nitrogens with zero attached hydrogens (tertiary/aromatic N) is 2. The highest BCUT2D eigenvalue weighted by molar-refractivity contribution is 14.0. The lowest BCUT2D eigenvalue weighted by molar-refractivity contribution is 0.157. The highest BCUT2D eigenvalue weighted by Gasteiger charge is 2.24. The Labute approximate surface area is 149 Å². The first-order valence-corrected chi connectivity index (χ1v) is 7.49. The average molecular weight is 421 g/mol. The summed E-state index contributed by atoms with van der Waals surface area (Å²) in [5.74, 6) is 1.29. The van der Waals surface area contributed by atoms with Crippen LogP contribution in [0, 0.1) is 11.7 Å². The van der Waals surface area contributed by atoms with Gasteiger partial charge in [-0.05, 0) is 31.0 Å². The fourth-order valence-electron chi connectivity index (χ4n) is 2.58. The van der Waals surface area contributed by atoms with Crippen molar-refractivity contribution in [3.05, 3.63) is 35.6 Å². The largest absolute Gasteiger partial charge is 0.384 e. The first-order chi connectivity index (χ1) is 10.2. The Hall–Kier alpha value is -0.890. The molecule has 1 atom stereocenters. The zero-order valence-electron chi connectivity index (χ0n) is 13.2. The molecule has 2 rings (SSSR count). The van der Waals surface area contributed by atoms with Gasteiger partial charge in [0.15, 0.2) is 5.96 Å². The first kappa shape index (κ1) is 19.2. The summed E-state index contributed by atoms with van der Waals surface area (Å²) in [7, 11) is 1.75. The third-order valence-corrected chi connectivity index (χ3v) is 3.65. The van der Waals surface area contributed by atoms with E-state index < -0.39 is 0 Å². The topological polar surface area (TPSA) is 36.9 Å². The van der Waals surface area contributed by atoms with Gasteiger partial charge >= 0.3 is 0 Å². The van der Waals surface area contributed by atoms with E-state index in [1.807, 2.05) is 0 Å². The van der Waals surface area contributed by atoms with Crippen molar-refractivity contribution in [2.24, 2.45) is 10.9 Å². The molecule has 0 aliphatic carbocycles. The van der Waals surface area contributed by atoms with Gasteiger partial charge in [0.1, 0.15) is 5.82 Å². The second kappa shape index (κ2) is 9.99. The molecular weight excluding hydrogens is 396 g/mol. The number of ether oxygens (including phenoxy) is 1. The molecule has 4 nitrogen and oxygen atoms in total. The van der Waals surface area contributed by atoms with Crippen LogP contribution in [0.25, 0.3) is 0 Å². The minimum atomic E-state index is -0.211. The van der Waals surface area contributed by atoms with E-state index in [2.05, 4.69) is 22.1 Å². The number of guanidine groups is 1. The maximum atomic E-state index is 12.9. The summed E-state index contributed by atoms with van der Waals surface area (Å²) in [4.78, 5) is 6.93. The molecule has 124 valence electrons. The Morgan fingerprint density at radius 3 is 2.77 bits per heavy atom. The predicted octanol–water partition coefficient (Wildman–Crippen LogP) is 2.88. The number of halogens is 2. The number of hydrogen-bond acceptors (Lipinski definition) is 2. The van der Waals surface area contributed by atoms with E-state index in [-0.39, 0.29) is 29.8 Å². The van der Waals surface area contributed by atoms with Gasteiger partial charge in [-0.3, -0.25) is 0 Å². The number of hydrogen-bond donors (Lipinski definition) is 1. The maximum Gasteiger partial charge on any atom is 0.194 e. The number of likely N-dealkylation sites (tertiary alicyclic amines) is 1. The van der Waals surface area contributed by atoms with Gasteiger partial charge in [-0.25, -0.2) is 9.38 Å². The molecule has 22 heavy (non-hydrogen) atoms. The molecule has 0 amide bonds. The predicted molar refractivity (Wildman–Crippen MR) is 98.2 cm³/mol. The molecule has 1 aliphatic heterocycles. The Morgan fingerprint density at radius 1 is 1.41 bits per heavy atom. The molecule has 1 fully saturated rings. The van der Waals surface area contributed by atoms with Crippen molar-refractivity contribution in [3.8, 4) is 0 Å². The molecular formula is C16H25FIN3O. The van der Waals surface area contributed by atoms with Crippen molar-refractivity contribution >= 4 is 29.9 Å². The first-order valence-electron chi connectivity index (χ1n) is 7.49. The van der Waals surface area contributed by atoms with Crippen molar-refractivity contribution in [1.29, 1.82) is 0 Å². The van der Waals surface area contributed by atoms with Crippen LogP contribution in [0.4, 0.5) is 4.39 Å². The third kappa shape index (κ3) is 5.72. The van der Waals surface area contributed by atoms with Crippen LogP contribution in [0.5, 0.6) is 0 Å². The second-order valence-electron chi connectivity index (χ2n) is 5.35. The zero-order chi connectivity index (χ0) is 15.1. The quantitative estimate of drug-likeness (QED) is 0.452. The molecule has 1 saturated heterocycles. The smallest absolute Gasteiger partial charge is 0.194 e. The van der Waals surface area contributed by atoms with Crippen molar-refractivity contribution in [1.82, 2.24) is 10.2 Å². The molecule has 0 saturated carbocycles. The zero-order valence-corrected chi connectivity index (χ0v) is 15.5. The SMILES string of the molecule is CCNC(=NCc1ccc(F)cc1)N1CCC(COC)C1.I. The molecule has 6 heteroatoms. The Bertz CT molecular complexity index is 467. The minimum absolute atomic E-state index is 0. The summed E-state index contributed by atoms with van der Waals surface area (Å²) < 4.78 is 18.1. The summed E-state index contributed by atoms with van der Waals surface area (Å²) >= 11 is 0. The van der Waals surface area contributed by atoms with E-state index in [0.717, 1.165) is 44.2 Å². The van der Waals surface area contributed by atoms with Crippen molar-refractivity contribution in [2.45, 2.75) is 19.9 Å². The van der Waals surface area contributed by atoms with Gasteiger partial charge in [0.05, 0.1) is 13.2 Å². The molecule has 1 aromatic rings. The van der Waals surface area contributed by atoms with E-state index in [0.29, 0.717) is 12.5 Å². The Balaban J connectivity index is 0.00000242. The lowest BCUT2D eigenvalue weighted by Gasteiger charge is -2.21. The molecule has 1 N–H and O–H groups in total. The average Bonchev–Trinajstić information content (AvgIpc) is 2.94. The van der Waals surface area contributed by atoms with E-state index in [1.165, 1.54) is 12.1 Å². The molecule has 0 radical (unpaired) electrons. The van der Waals surface area contributed by atoms with E-state index >= 15 is 0 Å². The van der Waals surface area contributed by atoms with Gasteiger partial charge in [-0.2, -0.15) is 0 Å². The van der Waals surface area contributed by atoms with Crippen molar-refractivity contribution in [3.63, 3.8) is 0 Å². The minimum Gasteiger partial charge on any atom is -0.384 e. The monoisotopic (exact) mass is 421 g/mol. The standard InChI is InChI=1S/C16H24FN3O.HI/c1-3-18-16(20-9-8-14(11-20)12-21-2)19-10-13-4-6-15(17)7-5-13;/h4-7,14H,3,8-12H2,1-2H3,(H,18,19);1H. The number of aliphatic imine (C=N–C) groups is 1. The summed E-state index contributed by atoms with van der Waals surface area (Å²) in [6.07, 6.45) is 1.13. The van der Waals surface area contributed by atoms with Gasteiger partial charge in [-0.15, -0.1) is 24.0 Å². The molecule has 1 aliphatic rings. The van der Waals surface area contributed by atoms with Gasteiger partial charge in [-0.1, -0.05) is 12.1 Å². The van der Waals surface area contributed by atoms with Crippen LogP contribution in [-0.2, 0) is 11.3 Å². The number of nitrogens with one attached hydrogen (secondary N) is 1. The van der Waals surface area contributed by atoms with Gasteiger partial charge < -0.3 is 15.0 Å². The fraction of sp³-hybridized carbons (Fsp3) is 0.562. The van der Waals surface area contributed by atoms with Crippen LogP contribution >= 0.6 is 24.0 Å². The third-order valence-electron chi connectivity index (χ3n) is 3.65. The van der Waals surface area contributed by atoms with Crippen molar-refractivity contribution < 1.29 is 9.13 Å². The summed E-state index contributed by atoms with van der Waals surface area (Å²) in [6, 6.07) is 6.50. The van der Waals surface area contributed by atoms with Gasteiger partial charge in [0.2, 0.25) is 0 Å². The van der Waals surface area contributed by atoms with Crippen LogP contribution in [0.2, 0.25) is 0 Å². The Kier molecular flexibility index (Phi) is 8.70. The molecule has 1 heterocycles. The van der Waals surface area contributed by atoms with E-state index in [1.54, 1.807) is 19.2 Å².